The molecular weight excluding hydrogens is 374 g/mol. The molecule has 0 unspecified atom stereocenters. The summed E-state index contributed by atoms with van der Waals surface area (Å²) in [6.07, 6.45) is 2.89. The van der Waals surface area contributed by atoms with Gasteiger partial charge in [-0.25, -0.2) is 4.79 Å². The van der Waals surface area contributed by atoms with Crippen molar-refractivity contribution in [2.24, 2.45) is 0 Å². The Morgan fingerprint density at radius 1 is 1.23 bits per heavy atom. The summed E-state index contributed by atoms with van der Waals surface area (Å²) in [6.45, 7) is 2.53. The molecule has 0 saturated heterocycles. The van der Waals surface area contributed by atoms with Crippen molar-refractivity contribution in [3.05, 3.63) is 57.3 Å². The molecule has 1 aromatic carbocycles. The lowest BCUT2D eigenvalue weighted by molar-refractivity contribution is -0.147. The monoisotopic (exact) mass is 393 g/mol. The summed E-state index contributed by atoms with van der Waals surface area (Å²) in [4.78, 5) is 26.3. The largest absolute Gasteiger partial charge is 0.493 e. The molecule has 2 rings (SSSR count). The Labute approximate surface area is 161 Å². The summed E-state index contributed by atoms with van der Waals surface area (Å²) >= 11 is 7.28. The fraction of sp³-hybridized carbons (Fsp3) is 0.263. The first-order valence-corrected chi connectivity index (χ1v) is 9.24. The second-order valence-corrected chi connectivity index (χ2v) is 7.17. The van der Waals surface area contributed by atoms with E-state index in [9.17, 15) is 9.59 Å². The van der Waals surface area contributed by atoms with Crippen molar-refractivity contribution >= 4 is 40.9 Å². The number of amides is 1. The molecule has 0 atom stereocenters. The molecular formula is C19H20ClNO4S. The van der Waals surface area contributed by atoms with Crippen LogP contribution < -0.4 is 4.74 Å². The van der Waals surface area contributed by atoms with Gasteiger partial charge in [0.05, 0.1) is 17.5 Å². The highest BCUT2D eigenvalue weighted by atomic mass is 35.5. The molecule has 0 aliphatic rings. The van der Waals surface area contributed by atoms with Gasteiger partial charge in [-0.1, -0.05) is 29.8 Å². The highest BCUT2D eigenvalue weighted by Gasteiger charge is 2.12. The van der Waals surface area contributed by atoms with E-state index in [4.69, 9.17) is 21.1 Å². The normalized spacial score (nSPS) is 10.7. The minimum absolute atomic E-state index is 0.286. The van der Waals surface area contributed by atoms with E-state index in [2.05, 4.69) is 0 Å². The van der Waals surface area contributed by atoms with Gasteiger partial charge in [0.25, 0.3) is 5.91 Å². The molecule has 0 N–H and O–H groups in total. The van der Waals surface area contributed by atoms with E-state index in [-0.39, 0.29) is 12.5 Å². The van der Waals surface area contributed by atoms with Crippen LogP contribution in [0.25, 0.3) is 6.08 Å². The smallest absolute Gasteiger partial charge is 0.331 e. The zero-order chi connectivity index (χ0) is 18.9. The van der Waals surface area contributed by atoms with Crippen LogP contribution in [-0.4, -0.2) is 37.0 Å². The number of nitrogens with zero attached hydrogens (tertiary/aromatic N) is 1. The lowest BCUT2D eigenvalue weighted by atomic mass is 10.2. The molecule has 0 spiro atoms. The Kier molecular flexibility index (Phi) is 7.69. The SMILES string of the molecule is CCOc1ccccc1/C=C/C(=O)OCC(=O)N(C)Cc1ccc(Cl)s1. The van der Waals surface area contributed by atoms with Crippen LogP contribution in [0.15, 0.2) is 42.5 Å². The predicted octanol–water partition coefficient (Wildman–Crippen LogP) is 4.02. The van der Waals surface area contributed by atoms with Gasteiger partial charge in [-0.3, -0.25) is 4.79 Å². The Hall–Kier alpha value is -2.31. The Morgan fingerprint density at radius 2 is 2.00 bits per heavy atom. The van der Waals surface area contributed by atoms with Crippen molar-refractivity contribution in [3.63, 3.8) is 0 Å². The quantitative estimate of drug-likeness (QED) is 0.502. The first kappa shape index (κ1) is 20.0. The fourth-order valence-corrected chi connectivity index (χ4v) is 3.25. The van der Waals surface area contributed by atoms with E-state index in [0.717, 1.165) is 10.4 Å². The van der Waals surface area contributed by atoms with Crippen LogP contribution in [-0.2, 0) is 20.9 Å². The average Bonchev–Trinajstić information content (AvgIpc) is 3.03. The molecule has 26 heavy (non-hydrogen) atoms. The van der Waals surface area contributed by atoms with E-state index >= 15 is 0 Å². The third-order valence-electron chi connectivity index (χ3n) is 3.40. The maximum Gasteiger partial charge on any atom is 0.331 e. The van der Waals surface area contributed by atoms with Gasteiger partial charge in [0.15, 0.2) is 6.61 Å². The van der Waals surface area contributed by atoms with E-state index in [0.29, 0.717) is 23.2 Å². The average molecular weight is 394 g/mol. The molecule has 0 bridgehead atoms. The minimum atomic E-state index is -0.586. The third-order valence-corrected chi connectivity index (χ3v) is 4.62. The number of rotatable bonds is 8. The van der Waals surface area contributed by atoms with E-state index in [1.54, 1.807) is 19.2 Å². The standard InChI is InChI=1S/C19H20ClNO4S/c1-3-24-16-7-5-4-6-14(16)8-11-19(23)25-13-18(22)21(2)12-15-9-10-17(20)26-15/h4-11H,3,12-13H2,1-2H3/b11-8+. The number of thiophene rings is 1. The Balaban J connectivity index is 1.83. The molecule has 1 amide bonds. The summed E-state index contributed by atoms with van der Waals surface area (Å²) in [5.41, 5.74) is 0.768. The summed E-state index contributed by atoms with van der Waals surface area (Å²) in [5, 5.41) is 0. The van der Waals surface area contributed by atoms with Gasteiger partial charge in [-0.2, -0.15) is 0 Å². The maximum atomic E-state index is 12.0. The van der Waals surface area contributed by atoms with Gasteiger partial charge >= 0.3 is 5.97 Å². The number of benzene rings is 1. The molecule has 5 nitrogen and oxygen atoms in total. The van der Waals surface area contributed by atoms with Crippen molar-refractivity contribution in [1.29, 1.82) is 0 Å². The summed E-state index contributed by atoms with van der Waals surface area (Å²) in [6, 6.07) is 11.0. The van der Waals surface area contributed by atoms with Crippen LogP contribution >= 0.6 is 22.9 Å². The molecule has 0 saturated carbocycles. The summed E-state index contributed by atoms with van der Waals surface area (Å²) < 4.78 is 11.2. The van der Waals surface area contributed by atoms with Crippen molar-refractivity contribution in [2.75, 3.05) is 20.3 Å². The van der Waals surface area contributed by atoms with Crippen LogP contribution in [0.2, 0.25) is 4.34 Å². The molecule has 0 fully saturated rings. The molecule has 1 aromatic heterocycles. The zero-order valence-corrected chi connectivity index (χ0v) is 16.2. The van der Waals surface area contributed by atoms with Gasteiger partial charge in [-0.05, 0) is 31.2 Å². The van der Waals surface area contributed by atoms with Crippen LogP contribution in [0.1, 0.15) is 17.4 Å². The van der Waals surface area contributed by atoms with Gasteiger partial charge in [0.1, 0.15) is 5.75 Å². The van der Waals surface area contributed by atoms with E-state index in [1.807, 2.05) is 37.3 Å². The number of hydrogen-bond acceptors (Lipinski definition) is 5. The second-order valence-electron chi connectivity index (χ2n) is 5.37. The van der Waals surface area contributed by atoms with Crippen molar-refractivity contribution in [1.82, 2.24) is 4.90 Å². The van der Waals surface area contributed by atoms with Crippen LogP contribution in [0.4, 0.5) is 0 Å². The van der Waals surface area contributed by atoms with Gasteiger partial charge in [0.2, 0.25) is 0 Å². The van der Waals surface area contributed by atoms with Crippen LogP contribution in [0.3, 0.4) is 0 Å². The van der Waals surface area contributed by atoms with Crippen molar-refractivity contribution < 1.29 is 19.1 Å². The highest BCUT2D eigenvalue weighted by Crippen LogP contribution is 2.22. The second kappa shape index (κ2) is 9.99. The summed E-state index contributed by atoms with van der Waals surface area (Å²) in [7, 11) is 1.65. The van der Waals surface area contributed by atoms with Gasteiger partial charge in [-0.15, -0.1) is 11.3 Å². The number of carbonyl (C=O) groups excluding carboxylic acids is 2. The lowest BCUT2D eigenvalue weighted by Crippen LogP contribution is -2.30. The predicted molar refractivity (Wildman–Crippen MR) is 103 cm³/mol. The number of para-hydroxylation sites is 1. The van der Waals surface area contributed by atoms with Crippen molar-refractivity contribution in [2.45, 2.75) is 13.5 Å². The highest BCUT2D eigenvalue weighted by molar-refractivity contribution is 7.16. The Bertz CT molecular complexity index is 787. The fourth-order valence-electron chi connectivity index (χ4n) is 2.11. The lowest BCUT2D eigenvalue weighted by Gasteiger charge is -2.15. The van der Waals surface area contributed by atoms with E-state index in [1.165, 1.54) is 22.3 Å². The molecule has 7 heteroatoms. The first-order valence-electron chi connectivity index (χ1n) is 8.04. The number of likely N-dealkylation sites (N-methyl/N-ethyl adjacent to an activating group) is 1. The number of hydrogen-bond donors (Lipinski definition) is 0. The molecule has 0 aliphatic carbocycles. The minimum Gasteiger partial charge on any atom is -0.493 e. The zero-order valence-electron chi connectivity index (χ0n) is 14.6. The maximum absolute atomic E-state index is 12.0. The number of ether oxygens (including phenoxy) is 2. The van der Waals surface area contributed by atoms with Gasteiger partial charge in [0, 0.05) is 23.6 Å². The van der Waals surface area contributed by atoms with Gasteiger partial charge < -0.3 is 14.4 Å². The Morgan fingerprint density at radius 3 is 2.69 bits per heavy atom. The molecule has 1 heterocycles. The first-order chi connectivity index (χ1) is 12.5. The molecule has 0 radical (unpaired) electrons. The van der Waals surface area contributed by atoms with Crippen LogP contribution in [0.5, 0.6) is 5.75 Å². The topological polar surface area (TPSA) is 55.8 Å². The van der Waals surface area contributed by atoms with E-state index < -0.39 is 5.97 Å². The van der Waals surface area contributed by atoms with Crippen molar-refractivity contribution in [3.8, 4) is 5.75 Å². The molecule has 138 valence electrons. The number of carbonyl (C=O) groups is 2. The molecule has 0 aliphatic heterocycles. The van der Waals surface area contributed by atoms with Crippen LogP contribution in [0, 0.1) is 0 Å². The number of esters is 1. The summed E-state index contributed by atoms with van der Waals surface area (Å²) in [5.74, 6) is -0.187. The molecule has 2 aromatic rings. The number of halogens is 1. The third kappa shape index (κ3) is 6.20.